The van der Waals surface area contributed by atoms with Gasteiger partial charge in [0, 0.05) is 29.3 Å². The number of nitrogens with zero attached hydrogens (tertiary/aromatic N) is 3. The summed E-state index contributed by atoms with van der Waals surface area (Å²) in [6, 6.07) is 21.5. The van der Waals surface area contributed by atoms with Crippen molar-refractivity contribution in [1.29, 1.82) is 0 Å². The van der Waals surface area contributed by atoms with Gasteiger partial charge in [0.2, 0.25) is 5.88 Å². The van der Waals surface area contributed by atoms with Gasteiger partial charge in [-0.3, -0.25) is 0 Å². The number of benzene rings is 2. The zero-order valence-corrected chi connectivity index (χ0v) is 18.1. The number of amides is 1. The van der Waals surface area contributed by atoms with Crippen molar-refractivity contribution in [2.45, 2.75) is 24.8 Å². The van der Waals surface area contributed by atoms with Crippen LogP contribution in [0.15, 0.2) is 66.7 Å². The predicted molar refractivity (Wildman–Crippen MR) is 125 cm³/mol. The van der Waals surface area contributed by atoms with Crippen molar-refractivity contribution in [3.63, 3.8) is 0 Å². The zero-order valence-electron chi connectivity index (χ0n) is 18.1. The maximum absolute atomic E-state index is 11.9. The van der Waals surface area contributed by atoms with E-state index >= 15 is 0 Å². The van der Waals surface area contributed by atoms with Gasteiger partial charge in [0.05, 0.1) is 12.3 Å². The predicted octanol–water partition coefficient (Wildman–Crippen LogP) is 3.48. The number of aromatic nitrogens is 3. The number of carbonyl (C=O) groups is 1. The molecule has 1 aliphatic rings. The second-order valence-electron chi connectivity index (χ2n) is 8.24. The van der Waals surface area contributed by atoms with Crippen LogP contribution in [-0.2, 0) is 5.54 Å². The van der Waals surface area contributed by atoms with Crippen LogP contribution in [0.2, 0.25) is 0 Å². The van der Waals surface area contributed by atoms with E-state index in [9.17, 15) is 4.79 Å². The van der Waals surface area contributed by atoms with Gasteiger partial charge in [0.25, 0.3) is 0 Å². The van der Waals surface area contributed by atoms with E-state index in [1.54, 1.807) is 16.6 Å². The molecule has 0 unspecified atom stereocenters. The lowest BCUT2D eigenvalue weighted by molar-refractivity contribution is 0.193. The van der Waals surface area contributed by atoms with Crippen molar-refractivity contribution in [3.8, 4) is 28.4 Å². The van der Waals surface area contributed by atoms with Crippen molar-refractivity contribution < 1.29 is 14.6 Å². The van der Waals surface area contributed by atoms with E-state index in [0.717, 1.165) is 47.3 Å². The molecule has 1 amide bonds. The monoisotopic (exact) mass is 443 g/mol. The van der Waals surface area contributed by atoms with E-state index in [2.05, 4.69) is 34.7 Å². The molecule has 2 aromatic heterocycles. The molecule has 4 aromatic rings. The third-order valence-electron chi connectivity index (χ3n) is 6.06. The number of rotatable bonds is 6. The van der Waals surface area contributed by atoms with Crippen LogP contribution in [0.3, 0.4) is 0 Å². The summed E-state index contributed by atoms with van der Waals surface area (Å²) in [6.45, 7) is -0.0691. The van der Waals surface area contributed by atoms with Gasteiger partial charge < -0.3 is 20.9 Å². The van der Waals surface area contributed by atoms with Gasteiger partial charge in [-0.2, -0.15) is 0 Å². The molecule has 2 aromatic carbocycles. The third kappa shape index (κ3) is 4.06. The standard InChI is InChI=1S/C25H25N5O3/c26-25(13-4-14-25)19-9-7-17(8-10-19)22-23(18-5-2-1-3-6-18)30-20(28-22)11-12-21(29-30)33-24(32)27-15-16-31/h1-3,5-12,31H,4,13-16,26H2,(H,27,32). The van der Waals surface area contributed by atoms with E-state index in [1.165, 1.54) is 0 Å². The molecule has 2 heterocycles. The van der Waals surface area contributed by atoms with Gasteiger partial charge in [-0.25, -0.2) is 14.3 Å². The van der Waals surface area contributed by atoms with Crippen molar-refractivity contribution in [3.05, 3.63) is 72.3 Å². The van der Waals surface area contributed by atoms with Gasteiger partial charge in [-0.15, -0.1) is 5.10 Å². The molecule has 8 heteroatoms. The first-order chi connectivity index (χ1) is 16.1. The molecule has 0 saturated heterocycles. The number of ether oxygens (including phenoxy) is 1. The highest BCUT2D eigenvalue weighted by Crippen LogP contribution is 2.40. The summed E-state index contributed by atoms with van der Waals surface area (Å²) in [4.78, 5) is 16.7. The number of hydrogen-bond donors (Lipinski definition) is 3. The second kappa shape index (κ2) is 8.65. The van der Waals surface area contributed by atoms with Crippen LogP contribution in [0, 0.1) is 0 Å². The quantitative estimate of drug-likeness (QED) is 0.420. The number of aliphatic hydroxyl groups is 1. The molecule has 1 saturated carbocycles. The second-order valence-corrected chi connectivity index (χ2v) is 8.24. The highest BCUT2D eigenvalue weighted by atomic mass is 16.6. The lowest BCUT2D eigenvalue weighted by Crippen LogP contribution is -2.43. The molecule has 0 spiro atoms. The van der Waals surface area contributed by atoms with Crippen LogP contribution in [0.5, 0.6) is 5.88 Å². The summed E-state index contributed by atoms with van der Waals surface area (Å²) in [5.41, 5.74) is 11.5. The van der Waals surface area contributed by atoms with Crippen molar-refractivity contribution >= 4 is 11.7 Å². The maximum Gasteiger partial charge on any atom is 0.414 e. The first-order valence-electron chi connectivity index (χ1n) is 11.0. The lowest BCUT2D eigenvalue weighted by atomic mass is 9.72. The highest BCUT2D eigenvalue weighted by Gasteiger charge is 2.34. The van der Waals surface area contributed by atoms with E-state index in [4.69, 9.17) is 20.6 Å². The van der Waals surface area contributed by atoms with Crippen LogP contribution < -0.4 is 15.8 Å². The normalized spacial score (nSPS) is 14.6. The van der Waals surface area contributed by atoms with E-state index in [-0.39, 0.29) is 24.6 Å². The molecule has 8 nitrogen and oxygen atoms in total. The molecule has 1 fully saturated rings. The number of fused-ring (bicyclic) bond motifs is 1. The summed E-state index contributed by atoms with van der Waals surface area (Å²) in [7, 11) is 0. The first-order valence-corrected chi connectivity index (χ1v) is 11.0. The Kier molecular flexibility index (Phi) is 5.53. The third-order valence-corrected chi connectivity index (χ3v) is 6.06. The van der Waals surface area contributed by atoms with Crippen LogP contribution in [-0.4, -0.2) is 38.9 Å². The Bertz CT molecular complexity index is 1280. The van der Waals surface area contributed by atoms with Gasteiger partial charge in [-0.05, 0) is 30.9 Å². The Morgan fingerprint density at radius 1 is 1.06 bits per heavy atom. The number of aliphatic hydroxyl groups excluding tert-OH is 1. The molecule has 33 heavy (non-hydrogen) atoms. The van der Waals surface area contributed by atoms with Crippen molar-refractivity contribution in [2.24, 2.45) is 5.73 Å². The number of carbonyl (C=O) groups excluding carboxylic acids is 1. The summed E-state index contributed by atoms with van der Waals surface area (Å²) < 4.78 is 6.95. The van der Waals surface area contributed by atoms with E-state index in [1.807, 2.05) is 30.3 Å². The number of nitrogens with one attached hydrogen (secondary N) is 1. The minimum absolute atomic E-state index is 0.103. The zero-order chi connectivity index (χ0) is 22.8. The Hall–Kier alpha value is -3.75. The average molecular weight is 444 g/mol. The molecule has 5 rings (SSSR count). The molecule has 4 N–H and O–H groups in total. The fourth-order valence-electron chi connectivity index (χ4n) is 4.12. The Labute approximate surface area is 191 Å². The summed E-state index contributed by atoms with van der Waals surface area (Å²) in [5, 5.41) is 15.8. The van der Waals surface area contributed by atoms with Crippen LogP contribution >= 0.6 is 0 Å². The minimum atomic E-state index is -0.681. The summed E-state index contributed by atoms with van der Waals surface area (Å²) in [5.74, 6) is 0.129. The van der Waals surface area contributed by atoms with Crippen molar-refractivity contribution in [1.82, 2.24) is 19.9 Å². The summed E-state index contributed by atoms with van der Waals surface area (Å²) in [6.07, 6.45) is 2.50. The molecule has 0 bridgehead atoms. The SMILES string of the molecule is NC1(c2ccc(-c3nc4ccc(OC(=O)NCCO)nn4c3-c3ccccc3)cc2)CCC1. The van der Waals surface area contributed by atoms with Crippen LogP contribution in [0.25, 0.3) is 28.2 Å². The Morgan fingerprint density at radius 3 is 2.48 bits per heavy atom. The number of imidazole rings is 1. The van der Waals surface area contributed by atoms with Crippen LogP contribution in [0.4, 0.5) is 4.79 Å². The topological polar surface area (TPSA) is 115 Å². The molecule has 0 aliphatic heterocycles. The maximum atomic E-state index is 11.9. The molecule has 0 radical (unpaired) electrons. The molecular formula is C25H25N5O3. The highest BCUT2D eigenvalue weighted by molar-refractivity contribution is 5.82. The molecular weight excluding hydrogens is 418 g/mol. The fraction of sp³-hybridized carbons (Fsp3) is 0.240. The Morgan fingerprint density at radius 2 is 1.82 bits per heavy atom. The van der Waals surface area contributed by atoms with Crippen molar-refractivity contribution in [2.75, 3.05) is 13.2 Å². The molecule has 0 atom stereocenters. The Balaban J connectivity index is 1.57. The average Bonchev–Trinajstić information content (AvgIpc) is 3.20. The van der Waals surface area contributed by atoms with Gasteiger partial charge in [-0.1, -0.05) is 54.6 Å². The van der Waals surface area contributed by atoms with Gasteiger partial charge >= 0.3 is 6.09 Å². The fourth-order valence-corrected chi connectivity index (χ4v) is 4.12. The smallest absolute Gasteiger partial charge is 0.395 e. The largest absolute Gasteiger partial charge is 0.414 e. The van der Waals surface area contributed by atoms with Gasteiger partial charge in [0.1, 0.15) is 5.69 Å². The number of nitrogens with two attached hydrogens (primary N) is 1. The molecule has 1 aliphatic carbocycles. The number of hydrogen-bond acceptors (Lipinski definition) is 6. The summed E-state index contributed by atoms with van der Waals surface area (Å²) >= 11 is 0. The minimum Gasteiger partial charge on any atom is -0.395 e. The van der Waals surface area contributed by atoms with Crippen LogP contribution in [0.1, 0.15) is 24.8 Å². The van der Waals surface area contributed by atoms with E-state index in [0.29, 0.717) is 5.65 Å². The molecule has 168 valence electrons. The first kappa shape index (κ1) is 21.1. The lowest BCUT2D eigenvalue weighted by Gasteiger charge is -2.38. The van der Waals surface area contributed by atoms with Gasteiger partial charge in [0.15, 0.2) is 5.65 Å². The van der Waals surface area contributed by atoms with E-state index < -0.39 is 6.09 Å².